The van der Waals surface area contributed by atoms with E-state index in [4.69, 9.17) is 17.0 Å². The molecule has 1 aromatic rings. The Kier molecular flexibility index (Phi) is 7.18. The lowest BCUT2D eigenvalue weighted by atomic mass is 9.96. The van der Waals surface area contributed by atoms with Gasteiger partial charge < -0.3 is 20.0 Å². The second-order valence-electron chi connectivity index (χ2n) is 6.19. The number of aliphatic carboxylic acids is 1. The second kappa shape index (κ2) is 9.36. The van der Waals surface area contributed by atoms with Crippen molar-refractivity contribution in [3.05, 3.63) is 29.3 Å². The van der Waals surface area contributed by atoms with Crippen LogP contribution in [0.5, 0.6) is 5.75 Å². The molecule has 0 amide bonds. The third-order valence-electron chi connectivity index (χ3n) is 4.30. The van der Waals surface area contributed by atoms with Crippen LogP contribution in [0.2, 0.25) is 0 Å². The fraction of sp³-hybridized carbons (Fsp3) is 0.500. The van der Waals surface area contributed by atoms with Crippen LogP contribution >= 0.6 is 12.2 Å². The molecule has 0 atom stereocenters. The highest BCUT2D eigenvalue weighted by Crippen LogP contribution is 2.21. The highest BCUT2D eigenvalue weighted by Gasteiger charge is 2.13. The summed E-state index contributed by atoms with van der Waals surface area (Å²) in [6, 6.07) is 5.72. The number of benzene rings is 1. The maximum atomic E-state index is 10.9. The van der Waals surface area contributed by atoms with Crippen LogP contribution in [0, 0.1) is 0 Å². The monoisotopic (exact) mass is 362 g/mol. The summed E-state index contributed by atoms with van der Waals surface area (Å²) in [6.45, 7) is 1.83. The van der Waals surface area contributed by atoms with Gasteiger partial charge in [-0.05, 0) is 55.7 Å². The highest BCUT2D eigenvalue weighted by atomic mass is 32.1. The largest absolute Gasteiger partial charge is 0.550 e. The topological polar surface area (TPSA) is 85.8 Å². The molecule has 1 fully saturated rings. The number of carboxylic acid groups (broad SMARTS) is 1. The van der Waals surface area contributed by atoms with E-state index < -0.39 is 5.97 Å². The Balaban J connectivity index is 2.00. The van der Waals surface area contributed by atoms with Crippen molar-refractivity contribution in [2.45, 2.75) is 51.5 Å². The van der Waals surface area contributed by atoms with Crippen molar-refractivity contribution in [3.8, 4) is 5.75 Å². The number of carbonyl (C=O) groups excluding carboxylic acids is 1. The zero-order valence-corrected chi connectivity index (χ0v) is 15.4. The minimum atomic E-state index is -1.15. The van der Waals surface area contributed by atoms with Gasteiger partial charge in [0.2, 0.25) is 0 Å². The molecule has 2 rings (SSSR count). The summed E-state index contributed by atoms with van der Waals surface area (Å²) in [6.07, 6.45) is 5.82. The molecule has 0 unspecified atom stereocenters. The molecular weight excluding hydrogens is 338 g/mol. The molecule has 0 radical (unpaired) electrons. The molecule has 0 aromatic heterocycles. The van der Waals surface area contributed by atoms with Gasteiger partial charge in [-0.15, -0.1) is 0 Å². The molecule has 0 spiro atoms. The summed E-state index contributed by atoms with van der Waals surface area (Å²) in [5.41, 5.74) is 4.92. The van der Waals surface area contributed by atoms with Gasteiger partial charge in [0.05, 0.1) is 12.8 Å². The normalized spacial score (nSPS) is 15.5. The lowest BCUT2D eigenvalue weighted by molar-refractivity contribution is -0.304. The molecule has 6 nitrogen and oxygen atoms in total. The highest BCUT2D eigenvalue weighted by molar-refractivity contribution is 7.80. The Morgan fingerprint density at radius 1 is 1.36 bits per heavy atom. The fourth-order valence-electron chi connectivity index (χ4n) is 2.96. The fourth-order valence-corrected chi connectivity index (χ4v) is 3.17. The van der Waals surface area contributed by atoms with Crippen molar-refractivity contribution in [1.82, 2.24) is 10.7 Å². The molecule has 0 heterocycles. The van der Waals surface area contributed by atoms with E-state index in [0.29, 0.717) is 28.2 Å². The van der Waals surface area contributed by atoms with Gasteiger partial charge >= 0.3 is 0 Å². The molecule has 1 aromatic carbocycles. The first-order valence-electron chi connectivity index (χ1n) is 8.47. The predicted molar refractivity (Wildman–Crippen MR) is 99.7 cm³/mol. The maximum Gasteiger partial charge on any atom is 0.187 e. The zero-order valence-electron chi connectivity index (χ0n) is 14.6. The third kappa shape index (κ3) is 6.01. The third-order valence-corrected chi connectivity index (χ3v) is 4.51. The summed E-state index contributed by atoms with van der Waals surface area (Å²) < 4.78 is 5.19. The first-order valence-corrected chi connectivity index (χ1v) is 8.88. The van der Waals surface area contributed by atoms with Crippen LogP contribution in [0.3, 0.4) is 0 Å². The molecule has 0 bridgehead atoms. The van der Waals surface area contributed by atoms with Gasteiger partial charge in [0.25, 0.3) is 0 Å². The van der Waals surface area contributed by atoms with Crippen molar-refractivity contribution in [2.75, 3.05) is 7.11 Å². The number of nitrogens with one attached hydrogen (secondary N) is 2. The Morgan fingerprint density at radius 3 is 2.72 bits per heavy atom. The van der Waals surface area contributed by atoms with Gasteiger partial charge in [0, 0.05) is 24.0 Å². The number of ether oxygens (including phenoxy) is 1. The summed E-state index contributed by atoms with van der Waals surface area (Å²) >= 11 is 5.29. The van der Waals surface area contributed by atoms with Gasteiger partial charge in [-0.1, -0.05) is 19.3 Å². The van der Waals surface area contributed by atoms with Crippen molar-refractivity contribution >= 4 is 29.0 Å². The summed E-state index contributed by atoms with van der Waals surface area (Å²) in [5, 5.41) is 19.0. The first-order chi connectivity index (χ1) is 12.0. The van der Waals surface area contributed by atoms with E-state index in [1.54, 1.807) is 12.1 Å². The van der Waals surface area contributed by atoms with E-state index in [0.717, 1.165) is 18.4 Å². The van der Waals surface area contributed by atoms with E-state index in [1.807, 2.05) is 13.0 Å². The molecule has 2 N–H and O–H groups in total. The van der Waals surface area contributed by atoms with Crippen LogP contribution in [0.4, 0.5) is 0 Å². The molecular formula is C18H24N3O3S-. The van der Waals surface area contributed by atoms with Crippen molar-refractivity contribution < 1.29 is 14.6 Å². The van der Waals surface area contributed by atoms with Gasteiger partial charge in [0.15, 0.2) is 5.11 Å². The van der Waals surface area contributed by atoms with Crippen LogP contribution in [0.25, 0.3) is 0 Å². The van der Waals surface area contributed by atoms with E-state index in [2.05, 4.69) is 15.8 Å². The number of hydrogen-bond donors (Lipinski definition) is 2. The second-order valence-corrected chi connectivity index (χ2v) is 6.60. The number of nitrogens with zero attached hydrogens (tertiary/aromatic N) is 1. The number of carbonyl (C=O) groups is 1. The maximum absolute atomic E-state index is 10.9. The smallest absolute Gasteiger partial charge is 0.187 e. The van der Waals surface area contributed by atoms with Gasteiger partial charge in [-0.3, -0.25) is 5.43 Å². The van der Waals surface area contributed by atoms with Gasteiger partial charge in [-0.25, -0.2) is 0 Å². The SMILES string of the molecule is COc1ccc(/C(C)=N\NC(=S)NC2CCCCC2)cc1CC(=O)[O-]. The van der Waals surface area contributed by atoms with E-state index in [9.17, 15) is 9.90 Å². The minimum absolute atomic E-state index is 0.209. The average molecular weight is 362 g/mol. The minimum Gasteiger partial charge on any atom is -0.550 e. The molecule has 1 aliphatic carbocycles. The number of hydrogen-bond acceptors (Lipinski definition) is 5. The zero-order chi connectivity index (χ0) is 18.2. The summed E-state index contributed by atoms with van der Waals surface area (Å²) in [7, 11) is 1.51. The van der Waals surface area contributed by atoms with E-state index >= 15 is 0 Å². The molecule has 0 aliphatic heterocycles. The predicted octanol–water partition coefficient (Wildman–Crippen LogP) is 1.51. The Morgan fingerprint density at radius 2 is 2.08 bits per heavy atom. The molecule has 7 heteroatoms. The van der Waals surface area contributed by atoms with E-state index in [1.165, 1.54) is 26.4 Å². The molecule has 136 valence electrons. The first kappa shape index (κ1) is 19.2. The number of methoxy groups -OCH3 is 1. The lowest BCUT2D eigenvalue weighted by Crippen LogP contribution is -2.41. The number of thiocarbonyl (C=S) groups is 1. The van der Waals surface area contributed by atoms with Crippen LogP contribution in [0.1, 0.15) is 50.2 Å². The van der Waals surface area contributed by atoms with Crippen LogP contribution in [0.15, 0.2) is 23.3 Å². The standard InChI is InChI=1S/C18H25N3O3S/c1-12(20-21-18(25)19-15-6-4-3-5-7-15)13-8-9-16(24-2)14(10-13)11-17(22)23/h8-10,15H,3-7,11H2,1-2H3,(H,22,23)(H2,19,21,25)/p-1/b20-12-. The lowest BCUT2D eigenvalue weighted by Gasteiger charge is -2.23. The molecule has 0 saturated heterocycles. The quantitative estimate of drug-likeness (QED) is 0.453. The average Bonchev–Trinajstić information content (AvgIpc) is 2.60. The summed E-state index contributed by atoms with van der Waals surface area (Å²) in [5.74, 6) is -0.635. The molecule has 25 heavy (non-hydrogen) atoms. The van der Waals surface area contributed by atoms with Gasteiger partial charge in [0.1, 0.15) is 5.75 Å². The summed E-state index contributed by atoms with van der Waals surface area (Å²) in [4.78, 5) is 10.9. The molecule has 1 saturated carbocycles. The Hall–Kier alpha value is -2.15. The Labute approximate surface area is 153 Å². The van der Waals surface area contributed by atoms with Gasteiger partial charge in [-0.2, -0.15) is 5.10 Å². The molecule has 1 aliphatic rings. The van der Waals surface area contributed by atoms with Crippen molar-refractivity contribution in [3.63, 3.8) is 0 Å². The van der Waals surface area contributed by atoms with Crippen molar-refractivity contribution in [1.29, 1.82) is 0 Å². The Bertz CT molecular complexity index is 655. The van der Waals surface area contributed by atoms with Crippen LogP contribution < -0.4 is 20.6 Å². The number of hydrazone groups is 1. The van der Waals surface area contributed by atoms with Crippen LogP contribution in [-0.4, -0.2) is 29.9 Å². The number of rotatable bonds is 6. The van der Waals surface area contributed by atoms with Crippen LogP contribution in [-0.2, 0) is 11.2 Å². The van der Waals surface area contributed by atoms with E-state index in [-0.39, 0.29) is 6.42 Å². The van der Waals surface area contributed by atoms with Crippen molar-refractivity contribution in [2.24, 2.45) is 5.10 Å². The number of carboxylic acids is 1.